The lowest BCUT2D eigenvalue weighted by Crippen LogP contribution is -2.53. The van der Waals surface area contributed by atoms with Gasteiger partial charge in [0.15, 0.2) is 0 Å². The molecule has 3 heterocycles. The molecule has 0 radical (unpaired) electrons. The molecule has 0 saturated carbocycles. The number of ether oxygens (including phenoxy) is 1. The average molecular weight is 417 g/mol. The van der Waals surface area contributed by atoms with Gasteiger partial charge in [0.05, 0.1) is 23.4 Å². The molecule has 1 aromatic heterocycles. The van der Waals surface area contributed by atoms with Gasteiger partial charge >= 0.3 is 0 Å². The molecule has 5 rings (SSSR count). The first kappa shape index (κ1) is 19.8. The number of imidazole rings is 1. The van der Waals surface area contributed by atoms with Crippen LogP contribution in [0, 0.1) is 0 Å². The van der Waals surface area contributed by atoms with Crippen LogP contribution in [0.25, 0.3) is 5.69 Å². The van der Waals surface area contributed by atoms with Crippen LogP contribution >= 0.6 is 0 Å². The molecule has 0 atom stereocenters. The number of fused-ring (bicyclic) bond motifs is 4. The van der Waals surface area contributed by atoms with Crippen LogP contribution in [0.1, 0.15) is 41.5 Å². The average Bonchev–Trinajstić information content (AvgIpc) is 3.27. The van der Waals surface area contributed by atoms with Crippen LogP contribution in [0.4, 0.5) is 0 Å². The summed E-state index contributed by atoms with van der Waals surface area (Å²) >= 11 is 0. The van der Waals surface area contributed by atoms with E-state index in [1.165, 1.54) is 11.3 Å². The third-order valence-corrected chi connectivity index (χ3v) is 6.74. The number of hydrogen-bond acceptors (Lipinski definition) is 4. The second kappa shape index (κ2) is 7.85. The molecule has 160 valence electrons. The molecule has 2 aliphatic heterocycles. The quantitative estimate of drug-likeness (QED) is 0.651. The number of hydrogen-bond donors (Lipinski definition) is 0. The van der Waals surface area contributed by atoms with Gasteiger partial charge in [0, 0.05) is 32.0 Å². The molecular formula is C25H28N4O2. The molecule has 0 unspecified atom stereocenters. The van der Waals surface area contributed by atoms with Gasteiger partial charge in [-0.2, -0.15) is 0 Å². The number of piperidine rings is 1. The van der Waals surface area contributed by atoms with Crippen LogP contribution in [0.5, 0.6) is 5.75 Å². The number of amides is 1. The minimum atomic E-state index is -0.196. The monoisotopic (exact) mass is 416 g/mol. The second-order valence-corrected chi connectivity index (χ2v) is 8.36. The maximum Gasteiger partial charge on any atom is 0.257 e. The topological polar surface area (TPSA) is 50.6 Å². The molecule has 0 aliphatic carbocycles. The van der Waals surface area contributed by atoms with E-state index < -0.39 is 0 Å². The molecule has 31 heavy (non-hydrogen) atoms. The Hall–Kier alpha value is -3.12. The lowest BCUT2D eigenvalue weighted by Gasteiger charge is -2.46. The zero-order valence-corrected chi connectivity index (χ0v) is 18.1. The number of likely N-dealkylation sites (tertiary alicyclic amines) is 1. The molecule has 1 fully saturated rings. The van der Waals surface area contributed by atoms with Crippen molar-refractivity contribution in [1.29, 1.82) is 0 Å². The number of carbonyl (C=O) groups is 1. The van der Waals surface area contributed by atoms with Crippen LogP contribution < -0.4 is 4.74 Å². The summed E-state index contributed by atoms with van der Waals surface area (Å²) in [5, 5.41) is 0. The summed E-state index contributed by atoms with van der Waals surface area (Å²) in [6, 6.07) is 16.1. The lowest BCUT2D eigenvalue weighted by molar-refractivity contribution is 0.0229. The van der Waals surface area contributed by atoms with Crippen molar-refractivity contribution in [2.75, 3.05) is 26.7 Å². The van der Waals surface area contributed by atoms with Crippen LogP contribution in [-0.2, 0) is 12.1 Å². The molecule has 1 spiro atoms. The van der Waals surface area contributed by atoms with E-state index in [9.17, 15) is 4.79 Å². The van der Waals surface area contributed by atoms with E-state index in [-0.39, 0.29) is 11.4 Å². The molecule has 2 aliphatic rings. The fraction of sp³-hybridized carbons (Fsp3) is 0.360. The number of para-hydroxylation sites is 2. The molecule has 1 saturated heterocycles. The van der Waals surface area contributed by atoms with Crippen LogP contribution in [-0.4, -0.2) is 52.0 Å². The Balaban J connectivity index is 1.43. The van der Waals surface area contributed by atoms with Gasteiger partial charge in [-0.15, -0.1) is 0 Å². The predicted octanol–water partition coefficient (Wildman–Crippen LogP) is 3.85. The van der Waals surface area contributed by atoms with E-state index in [4.69, 9.17) is 9.72 Å². The van der Waals surface area contributed by atoms with Crippen molar-refractivity contribution in [2.24, 2.45) is 0 Å². The van der Waals surface area contributed by atoms with E-state index in [0.717, 1.165) is 25.2 Å². The predicted molar refractivity (Wildman–Crippen MR) is 119 cm³/mol. The Morgan fingerprint density at radius 1 is 1.10 bits per heavy atom. The summed E-state index contributed by atoms with van der Waals surface area (Å²) in [4.78, 5) is 22.5. The molecule has 6 nitrogen and oxygen atoms in total. The smallest absolute Gasteiger partial charge is 0.257 e. The maximum atomic E-state index is 13.3. The highest BCUT2D eigenvalue weighted by atomic mass is 16.5. The van der Waals surface area contributed by atoms with Gasteiger partial charge in [-0.25, -0.2) is 4.98 Å². The molecule has 2 aromatic carbocycles. The Kier molecular flexibility index (Phi) is 5.02. The number of rotatable bonds is 3. The Labute approximate surface area is 183 Å². The van der Waals surface area contributed by atoms with Crippen molar-refractivity contribution in [1.82, 2.24) is 19.4 Å². The van der Waals surface area contributed by atoms with Gasteiger partial charge in [0.2, 0.25) is 0 Å². The number of benzene rings is 2. The van der Waals surface area contributed by atoms with Gasteiger partial charge in [0.25, 0.3) is 5.91 Å². The minimum absolute atomic E-state index is 0.0433. The molecule has 1 amide bonds. The lowest BCUT2D eigenvalue weighted by atomic mass is 9.84. The van der Waals surface area contributed by atoms with E-state index in [1.807, 2.05) is 42.3 Å². The highest BCUT2D eigenvalue weighted by molar-refractivity contribution is 5.97. The van der Waals surface area contributed by atoms with E-state index >= 15 is 0 Å². The fourth-order valence-corrected chi connectivity index (χ4v) is 5.08. The minimum Gasteiger partial charge on any atom is -0.493 e. The van der Waals surface area contributed by atoms with Crippen molar-refractivity contribution < 1.29 is 9.53 Å². The van der Waals surface area contributed by atoms with E-state index in [0.29, 0.717) is 31.0 Å². The van der Waals surface area contributed by atoms with Crippen LogP contribution in [0.15, 0.2) is 60.9 Å². The first-order chi connectivity index (χ1) is 15.1. The van der Waals surface area contributed by atoms with Crippen molar-refractivity contribution in [3.8, 4) is 11.4 Å². The third-order valence-electron chi connectivity index (χ3n) is 6.74. The first-order valence-electron chi connectivity index (χ1n) is 11.0. The Morgan fingerprint density at radius 2 is 1.84 bits per heavy atom. The van der Waals surface area contributed by atoms with Crippen molar-refractivity contribution in [3.05, 3.63) is 77.9 Å². The zero-order chi connectivity index (χ0) is 21.4. The largest absolute Gasteiger partial charge is 0.493 e. The second-order valence-electron chi connectivity index (χ2n) is 8.36. The number of aromatic nitrogens is 2. The van der Waals surface area contributed by atoms with Crippen LogP contribution in [0.3, 0.4) is 0 Å². The highest BCUT2D eigenvalue weighted by Gasteiger charge is 2.45. The Bertz CT molecular complexity index is 1100. The van der Waals surface area contributed by atoms with E-state index in [2.05, 4.69) is 47.0 Å². The summed E-state index contributed by atoms with van der Waals surface area (Å²) in [6.45, 7) is 4.72. The van der Waals surface area contributed by atoms with Gasteiger partial charge in [-0.05, 0) is 50.6 Å². The third kappa shape index (κ3) is 3.22. The van der Waals surface area contributed by atoms with Gasteiger partial charge in [-0.3, -0.25) is 9.69 Å². The van der Waals surface area contributed by atoms with Gasteiger partial charge in [0.1, 0.15) is 11.6 Å². The molecule has 0 N–H and O–H groups in total. The van der Waals surface area contributed by atoms with Crippen LogP contribution in [0.2, 0.25) is 0 Å². The molecule has 0 bridgehead atoms. The maximum absolute atomic E-state index is 13.3. The molecule has 3 aromatic rings. The fourth-order valence-electron chi connectivity index (χ4n) is 5.08. The van der Waals surface area contributed by atoms with E-state index in [1.54, 1.807) is 0 Å². The molecule has 6 heteroatoms. The van der Waals surface area contributed by atoms with Gasteiger partial charge < -0.3 is 14.2 Å². The summed E-state index contributed by atoms with van der Waals surface area (Å²) < 4.78 is 7.93. The van der Waals surface area contributed by atoms with Crippen molar-refractivity contribution in [2.45, 2.75) is 31.8 Å². The molecular weight excluding hydrogens is 388 g/mol. The van der Waals surface area contributed by atoms with Crippen molar-refractivity contribution in [3.63, 3.8) is 0 Å². The summed E-state index contributed by atoms with van der Waals surface area (Å²) in [5.41, 5.74) is 2.94. The normalized spacial score (nSPS) is 17.7. The summed E-state index contributed by atoms with van der Waals surface area (Å²) in [7, 11) is 2.18. The SMILES string of the molecule is CCOc1ccccc1C(=O)N1CCC2(CC1)c1nccn1-c1ccccc1CN2C. The number of nitrogens with zero attached hydrogens (tertiary/aromatic N) is 4. The van der Waals surface area contributed by atoms with Crippen molar-refractivity contribution >= 4 is 5.91 Å². The summed E-state index contributed by atoms with van der Waals surface area (Å²) in [6.07, 6.45) is 5.64. The summed E-state index contributed by atoms with van der Waals surface area (Å²) in [5.74, 6) is 1.77. The number of carbonyl (C=O) groups excluding carboxylic acids is 1. The standard InChI is InChI=1S/C25H28N4O2/c1-3-31-22-11-7-5-9-20(22)23(30)28-15-12-25(13-16-28)24-26-14-17-29(24)21-10-6-4-8-19(21)18-27(25)2/h4-11,14,17H,3,12-13,15-16,18H2,1-2H3. The van der Waals surface area contributed by atoms with Gasteiger partial charge in [-0.1, -0.05) is 30.3 Å². The Morgan fingerprint density at radius 3 is 2.65 bits per heavy atom. The zero-order valence-electron chi connectivity index (χ0n) is 18.1. The highest BCUT2D eigenvalue weighted by Crippen LogP contribution is 2.42. The first-order valence-corrected chi connectivity index (χ1v) is 11.0.